The first kappa shape index (κ1) is 19.1. The van der Waals surface area contributed by atoms with E-state index in [2.05, 4.69) is 31.3 Å². The summed E-state index contributed by atoms with van der Waals surface area (Å²) in [6.45, 7) is 4.95. The average molecular weight is 388 g/mol. The van der Waals surface area contributed by atoms with Crippen molar-refractivity contribution in [2.24, 2.45) is 0 Å². The molecule has 0 spiro atoms. The largest absolute Gasteiger partial charge is 0.494 e. The molecule has 0 aliphatic rings. The summed E-state index contributed by atoms with van der Waals surface area (Å²) < 4.78 is 14.9. The van der Waals surface area contributed by atoms with E-state index in [-0.39, 0.29) is 11.7 Å². The number of aromatic hydroxyl groups is 1. The highest BCUT2D eigenvalue weighted by atomic mass is 19.1. The third-order valence-corrected chi connectivity index (χ3v) is 5.57. The molecule has 1 heterocycles. The Labute approximate surface area is 170 Å². The van der Waals surface area contributed by atoms with E-state index >= 15 is 0 Å². The summed E-state index contributed by atoms with van der Waals surface area (Å²) in [5.74, 6) is 0.479. The highest BCUT2D eigenvalue weighted by Crippen LogP contribution is 2.36. The van der Waals surface area contributed by atoms with Crippen LogP contribution in [0.1, 0.15) is 37.3 Å². The van der Waals surface area contributed by atoms with Gasteiger partial charge in [0.25, 0.3) is 0 Å². The second-order valence-corrected chi connectivity index (χ2v) is 7.47. The molecular weight excluding hydrogens is 363 g/mol. The summed E-state index contributed by atoms with van der Waals surface area (Å²) in [6, 6.07) is 20.7. The molecule has 1 aromatic heterocycles. The normalized spacial score (nSPS) is 12.2. The number of halogens is 1. The van der Waals surface area contributed by atoms with Gasteiger partial charge in [0.15, 0.2) is 0 Å². The highest BCUT2D eigenvalue weighted by Gasteiger charge is 2.14. The molecule has 0 aliphatic carbocycles. The van der Waals surface area contributed by atoms with Crippen molar-refractivity contribution in [2.75, 3.05) is 5.32 Å². The van der Waals surface area contributed by atoms with Gasteiger partial charge in [-0.1, -0.05) is 50.2 Å². The Kier molecular flexibility index (Phi) is 5.26. The molecular formula is C25H25FN2O. The van der Waals surface area contributed by atoms with Crippen LogP contribution in [0.15, 0.2) is 72.9 Å². The molecule has 0 radical (unpaired) electrons. The van der Waals surface area contributed by atoms with Crippen LogP contribution < -0.4 is 5.32 Å². The maximum absolute atomic E-state index is 13.1. The van der Waals surface area contributed by atoms with Gasteiger partial charge < -0.3 is 10.4 Å². The Morgan fingerprint density at radius 1 is 1.00 bits per heavy atom. The molecule has 3 nitrogen and oxygen atoms in total. The van der Waals surface area contributed by atoms with Crippen LogP contribution >= 0.6 is 0 Å². The molecule has 4 aromatic rings. The fourth-order valence-electron chi connectivity index (χ4n) is 3.59. The number of anilines is 1. The minimum Gasteiger partial charge on any atom is -0.494 e. The second kappa shape index (κ2) is 8.00. The van der Waals surface area contributed by atoms with Crippen LogP contribution in [0.5, 0.6) is 5.88 Å². The molecule has 0 saturated heterocycles. The topological polar surface area (TPSA) is 37.2 Å². The first-order chi connectivity index (χ1) is 14.1. The van der Waals surface area contributed by atoms with E-state index in [0.717, 1.165) is 34.1 Å². The van der Waals surface area contributed by atoms with E-state index in [4.69, 9.17) is 0 Å². The van der Waals surface area contributed by atoms with Gasteiger partial charge in [0, 0.05) is 29.5 Å². The summed E-state index contributed by atoms with van der Waals surface area (Å²) in [5.41, 5.74) is 4.05. The number of fused-ring (bicyclic) bond motifs is 1. The van der Waals surface area contributed by atoms with Crippen molar-refractivity contribution in [1.82, 2.24) is 4.57 Å². The van der Waals surface area contributed by atoms with E-state index < -0.39 is 0 Å². The molecule has 0 fully saturated rings. The Balaban J connectivity index is 1.65. The smallest absolute Gasteiger partial charge is 0.205 e. The van der Waals surface area contributed by atoms with Gasteiger partial charge in [-0.3, -0.25) is 4.57 Å². The zero-order valence-corrected chi connectivity index (χ0v) is 16.7. The van der Waals surface area contributed by atoms with Crippen molar-refractivity contribution in [3.05, 3.63) is 89.9 Å². The van der Waals surface area contributed by atoms with Crippen molar-refractivity contribution in [3.8, 4) is 11.6 Å². The maximum atomic E-state index is 13.1. The zero-order valence-electron chi connectivity index (χ0n) is 16.7. The average Bonchev–Trinajstić information content (AvgIpc) is 3.10. The van der Waals surface area contributed by atoms with E-state index in [1.54, 1.807) is 12.1 Å². The molecule has 0 saturated carbocycles. The van der Waals surface area contributed by atoms with Crippen molar-refractivity contribution in [2.45, 2.75) is 32.7 Å². The van der Waals surface area contributed by atoms with E-state index in [9.17, 15) is 9.50 Å². The second-order valence-electron chi connectivity index (χ2n) is 7.47. The van der Waals surface area contributed by atoms with Crippen LogP contribution in [0.4, 0.5) is 10.1 Å². The van der Waals surface area contributed by atoms with Crippen LogP contribution in [0.25, 0.3) is 16.5 Å². The van der Waals surface area contributed by atoms with Crippen LogP contribution in [-0.2, 0) is 6.54 Å². The lowest BCUT2D eigenvalue weighted by atomic mass is 9.99. The van der Waals surface area contributed by atoms with Crippen molar-refractivity contribution in [3.63, 3.8) is 0 Å². The lowest BCUT2D eigenvalue weighted by Gasteiger charge is -2.11. The molecule has 4 heteroatoms. The van der Waals surface area contributed by atoms with E-state index in [0.29, 0.717) is 12.5 Å². The van der Waals surface area contributed by atoms with Gasteiger partial charge in [0.2, 0.25) is 5.88 Å². The maximum Gasteiger partial charge on any atom is 0.205 e. The molecule has 0 aliphatic heterocycles. The molecule has 148 valence electrons. The van der Waals surface area contributed by atoms with Crippen LogP contribution in [0.3, 0.4) is 0 Å². The molecule has 3 aromatic carbocycles. The monoisotopic (exact) mass is 388 g/mol. The summed E-state index contributed by atoms with van der Waals surface area (Å²) in [6.07, 6.45) is 3.05. The first-order valence-electron chi connectivity index (χ1n) is 9.98. The van der Waals surface area contributed by atoms with E-state index in [1.807, 2.05) is 41.1 Å². The summed E-state index contributed by atoms with van der Waals surface area (Å²) in [4.78, 5) is 0. The summed E-state index contributed by atoms with van der Waals surface area (Å²) in [7, 11) is 0. The number of rotatable bonds is 6. The number of hydrogen-bond donors (Lipinski definition) is 2. The van der Waals surface area contributed by atoms with Gasteiger partial charge in [-0.15, -0.1) is 0 Å². The zero-order chi connectivity index (χ0) is 20.4. The molecule has 0 bridgehead atoms. The predicted molar refractivity (Wildman–Crippen MR) is 117 cm³/mol. The molecule has 1 atom stereocenters. The van der Waals surface area contributed by atoms with Crippen LogP contribution in [0, 0.1) is 5.82 Å². The van der Waals surface area contributed by atoms with Crippen molar-refractivity contribution in [1.29, 1.82) is 0 Å². The fraction of sp³-hybridized carbons (Fsp3) is 0.200. The van der Waals surface area contributed by atoms with Gasteiger partial charge in [-0.2, -0.15) is 0 Å². The lowest BCUT2D eigenvalue weighted by Crippen LogP contribution is -1.99. The number of nitrogens with zero attached hydrogens (tertiary/aromatic N) is 1. The number of aromatic nitrogens is 1. The van der Waals surface area contributed by atoms with Crippen molar-refractivity contribution >= 4 is 16.5 Å². The standard InChI is InChI=1S/C25H25FN2O/c1-3-17(2)19-9-13-22(14-10-19)28-16-20-5-4-6-23(24(20)25(28)29)27-15-18-7-11-21(26)12-8-18/h4-14,16-17,27,29H,3,15H2,1-2H3. The Bertz CT molecular complexity index is 1110. The molecule has 0 amide bonds. The van der Waals surface area contributed by atoms with Gasteiger partial charge in [0.05, 0.1) is 5.39 Å². The van der Waals surface area contributed by atoms with Gasteiger partial charge in [-0.05, 0) is 53.8 Å². The number of nitrogens with one attached hydrogen (secondary N) is 1. The first-order valence-corrected chi connectivity index (χ1v) is 9.98. The van der Waals surface area contributed by atoms with Crippen LogP contribution in [0.2, 0.25) is 0 Å². The van der Waals surface area contributed by atoms with Crippen molar-refractivity contribution < 1.29 is 9.50 Å². The molecule has 29 heavy (non-hydrogen) atoms. The quantitative estimate of drug-likeness (QED) is 0.390. The predicted octanol–water partition coefficient (Wildman–Crippen LogP) is 6.60. The number of benzene rings is 3. The Morgan fingerprint density at radius 2 is 1.72 bits per heavy atom. The van der Waals surface area contributed by atoms with Gasteiger partial charge in [-0.25, -0.2) is 4.39 Å². The molecule has 2 N–H and O–H groups in total. The minimum atomic E-state index is -0.245. The Morgan fingerprint density at radius 3 is 2.41 bits per heavy atom. The number of hydrogen-bond acceptors (Lipinski definition) is 2. The highest BCUT2D eigenvalue weighted by molar-refractivity contribution is 5.99. The minimum absolute atomic E-state index is 0.207. The Hall–Kier alpha value is -3.27. The third-order valence-electron chi connectivity index (χ3n) is 5.57. The third kappa shape index (κ3) is 3.83. The van der Waals surface area contributed by atoms with Gasteiger partial charge in [0.1, 0.15) is 5.82 Å². The molecule has 1 unspecified atom stereocenters. The SMILES string of the molecule is CCC(C)c1ccc(-n2cc3cccc(NCc4ccc(F)cc4)c3c2O)cc1. The lowest BCUT2D eigenvalue weighted by molar-refractivity contribution is 0.448. The molecule has 4 rings (SSSR count). The van der Waals surface area contributed by atoms with Gasteiger partial charge >= 0.3 is 0 Å². The fourth-order valence-corrected chi connectivity index (χ4v) is 3.59. The van der Waals surface area contributed by atoms with E-state index in [1.165, 1.54) is 17.7 Å². The van der Waals surface area contributed by atoms with Crippen LogP contribution in [-0.4, -0.2) is 9.67 Å². The summed E-state index contributed by atoms with van der Waals surface area (Å²) in [5, 5.41) is 16.1. The summed E-state index contributed by atoms with van der Waals surface area (Å²) >= 11 is 0.